The maximum atomic E-state index is 12.7. The van der Waals surface area contributed by atoms with E-state index in [4.69, 9.17) is 0 Å². The molecule has 0 spiro atoms. The lowest BCUT2D eigenvalue weighted by molar-refractivity contribution is 0.472. The molecule has 0 unspecified atom stereocenters. The maximum Gasteiger partial charge on any atom is 0.266 e. The Morgan fingerprint density at radius 2 is 1.87 bits per heavy atom. The van der Waals surface area contributed by atoms with Crippen molar-refractivity contribution in [3.8, 4) is 11.4 Å². The lowest BCUT2D eigenvalue weighted by atomic mass is 10.2. The summed E-state index contributed by atoms with van der Waals surface area (Å²) in [5, 5.41) is 10.4. The highest BCUT2D eigenvalue weighted by Crippen LogP contribution is 2.21. The van der Waals surface area contributed by atoms with Crippen LogP contribution in [0.3, 0.4) is 0 Å². The van der Waals surface area contributed by atoms with E-state index in [-0.39, 0.29) is 11.3 Å². The summed E-state index contributed by atoms with van der Waals surface area (Å²) >= 11 is 0. The summed E-state index contributed by atoms with van der Waals surface area (Å²) in [6.45, 7) is 1.92. The molecule has 6 nitrogen and oxygen atoms in total. The number of hydrogen-bond acceptors (Lipinski definition) is 5. The molecule has 0 aliphatic carbocycles. The van der Waals surface area contributed by atoms with E-state index in [2.05, 4.69) is 14.9 Å². The number of fused-ring (bicyclic) bond motifs is 1. The molecule has 1 fully saturated rings. The van der Waals surface area contributed by atoms with Crippen LogP contribution in [0.1, 0.15) is 12.8 Å². The number of anilines is 1. The molecule has 116 valence electrons. The van der Waals surface area contributed by atoms with Gasteiger partial charge in [-0.15, -0.1) is 0 Å². The fourth-order valence-corrected chi connectivity index (χ4v) is 2.95. The van der Waals surface area contributed by atoms with Gasteiger partial charge in [-0.25, -0.2) is 9.97 Å². The fourth-order valence-electron chi connectivity index (χ4n) is 2.95. The standard InChI is InChI=1S/C17H16N4O2/c22-15-6-2-1-5-14(15)21-10-7-13-12(16(21)23)11-18-17(19-13)20-8-3-4-9-20/h1-2,5-7,10-11,22H,3-4,8-9H2. The van der Waals surface area contributed by atoms with Crippen molar-refractivity contribution in [3.05, 3.63) is 53.1 Å². The molecule has 23 heavy (non-hydrogen) atoms. The summed E-state index contributed by atoms with van der Waals surface area (Å²) in [6.07, 6.45) is 5.52. The van der Waals surface area contributed by atoms with Gasteiger partial charge in [0.2, 0.25) is 5.95 Å². The lowest BCUT2D eigenvalue weighted by Crippen LogP contribution is -2.22. The monoisotopic (exact) mass is 308 g/mol. The molecule has 3 aromatic rings. The minimum atomic E-state index is -0.239. The molecule has 4 rings (SSSR count). The number of pyridine rings is 1. The van der Waals surface area contributed by atoms with Gasteiger partial charge < -0.3 is 10.0 Å². The van der Waals surface area contributed by atoms with Crippen LogP contribution in [-0.4, -0.2) is 32.7 Å². The summed E-state index contributed by atoms with van der Waals surface area (Å²) in [7, 11) is 0. The van der Waals surface area contributed by atoms with Crippen molar-refractivity contribution >= 4 is 16.9 Å². The molecule has 1 aliphatic rings. The fraction of sp³-hybridized carbons (Fsp3) is 0.235. The Morgan fingerprint density at radius 1 is 1.09 bits per heavy atom. The van der Waals surface area contributed by atoms with Gasteiger partial charge in [-0.2, -0.15) is 0 Å². The Kier molecular flexibility index (Phi) is 3.22. The van der Waals surface area contributed by atoms with Crippen molar-refractivity contribution in [2.45, 2.75) is 12.8 Å². The Balaban J connectivity index is 1.84. The molecule has 0 radical (unpaired) electrons. The topological polar surface area (TPSA) is 71.2 Å². The molecular weight excluding hydrogens is 292 g/mol. The van der Waals surface area contributed by atoms with E-state index in [1.165, 1.54) is 4.57 Å². The van der Waals surface area contributed by atoms with Crippen molar-refractivity contribution in [3.63, 3.8) is 0 Å². The number of aromatic nitrogens is 3. The van der Waals surface area contributed by atoms with Gasteiger partial charge in [0.05, 0.1) is 16.6 Å². The average molecular weight is 308 g/mol. The van der Waals surface area contributed by atoms with Crippen LogP contribution in [0, 0.1) is 0 Å². The van der Waals surface area contributed by atoms with Crippen LogP contribution in [0.25, 0.3) is 16.6 Å². The first-order valence-electron chi connectivity index (χ1n) is 7.66. The van der Waals surface area contributed by atoms with Crippen LogP contribution < -0.4 is 10.5 Å². The van der Waals surface area contributed by atoms with E-state index >= 15 is 0 Å². The Bertz CT molecular complexity index is 929. The Labute approximate surface area is 132 Å². The second-order valence-electron chi connectivity index (χ2n) is 5.64. The van der Waals surface area contributed by atoms with E-state index in [0.717, 1.165) is 25.9 Å². The predicted octanol–water partition coefficient (Wildman–Crippen LogP) is 2.09. The van der Waals surface area contributed by atoms with Crippen LogP contribution in [-0.2, 0) is 0 Å². The molecule has 6 heteroatoms. The highest BCUT2D eigenvalue weighted by molar-refractivity contribution is 5.78. The van der Waals surface area contributed by atoms with Crippen LogP contribution in [0.15, 0.2) is 47.5 Å². The molecular formula is C17H16N4O2. The summed E-state index contributed by atoms with van der Waals surface area (Å²) in [5.74, 6) is 0.735. The SMILES string of the molecule is O=c1c2cnc(N3CCCC3)nc2ccn1-c1ccccc1O. The number of benzene rings is 1. The highest BCUT2D eigenvalue weighted by Gasteiger charge is 2.16. The zero-order valence-electron chi connectivity index (χ0n) is 12.5. The molecule has 0 saturated carbocycles. The number of rotatable bonds is 2. The van der Waals surface area contributed by atoms with Crippen molar-refractivity contribution < 1.29 is 5.11 Å². The number of para-hydroxylation sites is 2. The molecule has 1 saturated heterocycles. The molecule has 3 heterocycles. The van der Waals surface area contributed by atoms with Crippen LogP contribution in [0.4, 0.5) is 5.95 Å². The van der Waals surface area contributed by atoms with E-state index in [1.54, 1.807) is 42.7 Å². The van der Waals surface area contributed by atoms with Gasteiger partial charge in [0.15, 0.2) is 0 Å². The summed E-state index contributed by atoms with van der Waals surface area (Å²) < 4.78 is 1.41. The third kappa shape index (κ3) is 2.32. The van der Waals surface area contributed by atoms with E-state index < -0.39 is 0 Å². The smallest absolute Gasteiger partial charge is 0.266 e. The number of nitrogens with zero attached hydrogens (tertiary/aromatic N) is 4. The first kappa shape index (κ1) is 13.8. The van der Waals surface area contributed by atoms with Crippen molar-refractivity contribution in [2.75, 3.05) is 18.0 Å². The van der Waals surface area contributed by atoms with Crippen molar-refractivity contribution in [1.82, 2.24) is 14.5 Å². The van der Waals surface area contributed by atoms with E-state index in [9.17, 15) is 9.90 Å². The molecule has 1 aromatic carbocycles. The normalized spacial score (nSPS) is 14.5. The van der Waals surface area contributed by atoms with Gasteiger partial charge in [-0.05, 0) is 31.0 Å². The van der Waals surface area contributed by atoms with Crippen LogP contribution >= 0.6 is 0 Å². The first-order valence-corrected chi connectivity index (χ1v) is 7.66. The summed E-state index contributed by atoms with van der Waals surface area (Å²) in [5.41, 5.74) is 0.832. The number of hydrogen-bond donors (Lipinski definition) is 1. The molecule has 1 aliphatic heterocycles. The van der Waals surface area contributed by atoms with E-state index in [1.807, 2.05) is 0 Å². The first-order chi connectivity index (χ1) is 11.2. The molecule has 0 atom stereocenters. The lowest BCUT2D eigenvalue weighted by Gasteiger charge is -2.15. The number of aromatic hydroxyl groups is 1. The number of phenolic OH excluding ortho intramolecular Hbond substituents is 1. The Morgan fingerprint density at radius 3 is 2.65 bits per heavy atom. The minimum Gasteiger partial charge on any atom is -0.506 e. The largest absolute Gasteiger partial charge is 0.506 e. The third-order valence-electron chi connectivity index (χ3n) is 4.17. The van der Waals surface area contributed by atoms with Crippen LogP contribution in [0.5, 0.6) is 5.75 Å². The van der Waals surface area contributed by atoms with Gasteiger partial charge in [-0.1, -0.05) is 12.1 Å². The van der Waals surface area contributed by atoms with Crippen molar-refractivity contribution in [2.24, 2.45) is 0 Å². The van der Waals surface area contributed by atoms with Gasteiger partial charge >= 0.3 is 0 Å². The van der Waals surface area contributed by atoms with Crippen molar-refractivity contribution in [1.29, 1.82) is 0 Å². The Hall–Kier alpha value is -2.89. The van der Waals surface area contributed by atoms with Gasteiger partial charge in [0, 0.05) is 25.5 Å². The molecule has 0 bridgehead atoms. The zero-order valence-corrected chi connectivity index (χ0v) is 12.5. The zero-order chi connectivity index (χ0) is 15.8. The quantitative estimate of drug-likeness (QED) is 0.785. The maximum absolute atomic E-state index is 12.7. The predicted molar refractivity (Wildman–Crippen MR) is 88.2 cm³/mol. The van der Waals surface area contributed by atoms with Gasteiger partial charge in [0.1, 0.15) is 5.75 Å². The summed E-state index contributed by atoms with van der Waals surface area (Å²) in [4.78, 5) is 23.7. The minimum absolute atomic E-state index is 0.0588. The molecule has 0 amide bonds. The average Bonchev–Trinajstić information content (AvgIpc) is 3.10. The van der Waals surface area contributed by atoms with E-state index in [0.29, 0.717) is 22.5 Å². The van der Waals surface area contributed by atoms with Gasteiger partial charge in [-0.3, -0.25) is 9.36 Å². The van der Waals surface area contributed by atoms with Gasteiger partial charge in [0.25, 0.3) is 5.56 Å². The third-order valence-corrected chi connectivity index (χ3v) is 4.17. The summed E-state index contributed by atoms with van der Waals surface area (Å²) in [6, 6.07) is 8.53. The second kappa shape index (κ2) is 5.39. The number of phenols is 1. The molecule has 1 N–H and O–H groups in total. The molecule has 2 aromatic heterocycles. The second-order valence-corrected chi connectivity index (χ2v) is 5.64. The van der Waals surface area contributed by atoms with Crippen LogP contribution in [0.2, 0.25) is 0 Å². The highest BCUT2D eigenvalue weighted by atomic mass is 16.3.